The Morgan fingerprint density at radius 3 is 2.67 bits per heavy atom. The van der Waals surface area contributed by atoms with Crippen LogP contribution in [0.4, 0.5) is 4.39 Å². The Hall–Kier alpha value is -1.06. The Bertz CT molecular complexity index is 522. The number of nitrogens with one attached hydrogen (secondary N) is 1. The first-order valence-corrected chi connectivity index (χ1v) is 8.03. The van der Waals surface area contributed by atoms with Crippen LogP contribution < -0.4 is 5.32 Å². The average molecular weight is 309 g/mol. The highest BCUT2D eigenvalue weighted by Crippen LogP contribution is 2.56. The summed E-state index contributed by atoms with van der Waals surface area (Å²) >= 11 is 5.99. The molecule has 4 heteroatoms. The topological polar surface area (TPSA) is 15.3 Å². The third-order valence-electron chi connectivity index (χ3n) is 4.86. The molecule has 0 bridgehead atoms. The zero-order valence-electron chi connectivity index (χ0n) is 12.4. The predicted molar refractivity (Wildman–Crippen MR) is 85.2 cm³/mol. The number of rotatable bonds is 5. The maximum atomic E-state index is 14.0. The minimum atomic E-state index is 0.0163. The lowest BCUT2D eigenvalue weighted by Crippen LogP contribution is -2.38. The molecule has 0 saturated heterocycles. The van der Waals surface area contributed by atoms with Crippen molar-refractivity contribution in [2.75, 3.05) is 26.7 Å². The normalized spacial score (nSPS) is 23.9. The summed E-state index contributed by atoms with van der Waals surface area (Å²) in [6, 6.07) is 8.13. The van der Waals surface area contributed by atoms with E-state index in [1.54, 1.807) is 6.20 Å². The Morgan fingerprint density at radius 2 is 2.05 bits per heavy atom. The number of likely N-dealkylation sites (N-methyl/N-ethyl adjacent to an activating group) is 1. The molecule has 21 heavy (non-hydrogen) atoms. The summed E-state index contributed by atoms with van der Waals surface area (Å²) in [5.74, 6) is 0.378. The second-order valence-corrected chi connectivity index (χ2v) is 6.67. The van der Waals surface area contributed by atoms with Gasteiger partial charge in [0.2, 0.25) is 0 Å². The molecule has 2 aliphatic rings. The highest BCUT2D eigenvalue weighted by Gasteiger charge is 2.51. The van der Waals surface area contributed by atoms with E-state index in [1.807, 2.05) is 19.2 Å². The maximum absolute atomic E-state index is 14.0. The summed E-state index contributed by atoms with van der Waals surface area (Å²) in [4.78, 5) is 2.12. The van der Waals surface area contributed by atoms with Gasteiger partial charge in [-0.15, -0.1) is 0 Å². The fourth-order valence-corrected chi connectivity index (χ4v) is 3.64. The van der Waals surface area contributed by atoms with Gasteiger partial charge >= 0.3 is 0 Å². The summed E-state index contributed by atoms with van der Waals surface area (Å²) < 4.78 is 14.0. The van der Waals surface area contributed by atoms with E-state index < -0.39 is 0 Å². The van der Waals surface area contributed by atoms with Gasteiger partial charge < -0.3 is 10.2 Å². The first kappa shape index (κ1) is 14.9. The average Bonchev–Trinajstić information content (AvgIpc) is 3.27. The van der Waals surface area contributed by atoms with E-state index in [2.05, 4.69) is 22.3 Å². The van der Waals surface area contributed by atoms with Gasteiger partial charge in [0, 0.05) is 42.7 Å². The van der Waals surface area contributed by atoms with E-state index >= 15 is 0 Å². The van der Waals surface area contributed by atoms with Gasteiger partial charge in [-0.25, -0.2) is 4.39 Å². The number of nitrogens with zero attached hydrogens (tertiary/aromatic N) is 1. The van der Waals surface area contributed by atoms with Crippen LogP contribution in [-0.2, 0) is 5.41 Å². The van der Waals surface area contributed by atoms with Crippen LogP contribution >= 0.6 is 11.6 Å². The quantitative estimate of drug-likeness (QED) is 0.892. The highest BCUT2D eigenvalue weighted by molar-refractivity contribution is 6.30. The fraction of sp³-hybridized carbons (Fsp3) is 0.529. The Morgan fingerprint density at radius 1 is 1.33 bits per heavy atom. The Balaban J connectivity index is 1.77. The third kappa shape index (κ3) is 3.09. The van der Waals surface area contributed by atoms with Crippen LogP contribution in [0.15, 0.2) is 36.3 Å². The fourth-order valence-electron chi connectivity index (χ4n) is 3.52. The molecule has 1 aromatic rings. The van der Waals surface area contributed by atoms with Gasteiger partial charge in [0.1, 0.15) is 5.83 Å². The molecule has 1 N–H and O–H groups in total. The lowest BCUT2D eigenvalue weighted by atomic mass is 9.79. The molecule has 2 nitrogen and oxygen atoms in total. The SMILES string of the molecule is CNCCN1C=C(F)CC(C2(c3ccc(Cl)cc3)CC2)C1. The van der Waals surface area contributed by atoms with E-state index in [0.29, 0.717) is 12.3 Å². The van der Waals surface area contributed by atoms with Crippen molar-refractivity contribution in [3.8, 4) is 0 Å². The zero-order valence-corrected chi connectivity index (χ0v) is 13.2. The van der Waals surface area contributed by atoms with Crippen molar-refractivity contribution in [2.24, 2.45) is 5.92 Å². The monoisotopic (exact) mass is 308 g/mol. The number of allylic oxidation sites excluding steroid dienone is 1. The van der Waals surface area contributed by atoms with Crippen molar-refractivity contribution >= 4 is 11.6 Å². The maximum Gasteiger partial charge on any atom is 0.116 e. The van der Waals surface area contributed by atoms with E-state index in [9.17, 15) is 4.39 Å². The highest BCUT2D eigenvalue weighted by atomic mass is 35.5. The molecule has 0 spiro atoms. The first-order chi connectivity index (χ1) is 10.1. The molecule has 1 unspecified atom stereocenters. The summed E-state index contributed by atoms with van der Waals surface area (Å²) in [5.41, 5.74) is 1.48. The second-order valence-electron chi connectivity index (χ2n) is 6.24. The summed E-state index contributed by atoms with van der Waals surface area (Å²) in [6.07, 6.45) is 4.57. The van der Waals surface area contributed by atoms with Crippen molar-refractivity contribution in [1.29, 1.82) is 0 Å². The van der Waals surface area contributed by atoms with E-state index in [0.717, 1.165) is 37.5 Å². The lowest BCUT2D eigenvalue weighted by Gasteiger charge is -2.36. The predicted octanol–water partition coefficient (Wildman–Crippen LogP) is 3.72. The molecule has 0 aromatic heterocycles. The molecule has 1 saturated carbocycles. The molecule has 1 aromatic carbocycles. The second kappa shape index (κ2) is 5.98. The summed E-state index contributed by atoms with van der Waals surface area (Å²) in [5, 5.41) is 3.89. The molecular weight excluding hydrogens is 287 g/mol. The number of benzene rings is 1. The third-order valence-corrected chi connectivity index (χ3v) is 5.11. The van der Waals surface area contributed by atoms with Crippen LogP contribution in [0.3, 0.4) is 0 Å². The van der Waals surface area contributed by atoms with Gasteiger partial charge in [-0.1, -0.05) is 23.7 Å². The minimum absolute atomic E-state index is 0.0163. The van der Waals surface area contributed by atoms with Gasteiger partial charge in [0.05, 0.1) is 0 Å². The minimum Gasteiger partial charge on any atom is -0.374 e. The molecule has 0 amide bonds. The molecular formula is C17H22ClFN2. The van der Waals surface area contributed by atoms with Crippen molar-refractivity contribution in [2.45, 2.75) is 24.7 Å². The lowest BCUT2D eigenvalue weighted by molar-refractivity contribution is 0.224. The summed E-state index contributed by atoms with van der Waals surface area (Å²) in [6.45, 7) is 2.68. The molecule has 1 aliphatic heterocycles. The zero-order chi connectivity index (χ0) is 14.9. The van der Waals surface area contributed by atoms with Crippen molar-refractivity contribution in [3.05, 3.63) is 46.9 Å². The molecule has 1 fully saturated rings. The van der Waals surface area contributed by atoms with Crippen LogP contribution in [0.25, 0.3) is 0 Å². The smallest absolute Gasteiger partial charge is 0.116 e. The van der Waals surface area contributed by atoms with Crippen LogP contribution in [0.2, 0.25) is 5.02 Å². The van der Waals surface area contributed by atoms with Crippen LogP contribution in [0, 0.1) is 5.92 Å². The van der Waals surface area contributed by atoms with Gasteiger partial charge in [0.15, 0.2) is 0 Å². The number of halogens is 2. The van der Waals surface area contributed by atoms with E-state index in [4.69, 9.17) is 11.6 Å². The van der Waals surface area contributed by atoms with Gasteiger partial charge in [-0.05, 0) is 43.5 Å². The first-order valence-electron chi connectivity index (χ1n) is 7.65. The van der Waals surface area contributed by atoms with Crippen molar-refractivity contribution in [3.63, 3.8) is 0 Å². The molecule has 114 valence electrons. The number of hydrogen-bond acceptors (Lipinski definition) is 2. The van der Waals surface area contributed by atoms with Gasteiger partial charge in [-0.2, -0.15) is 0 Å². The van der Waals surface area contributed by atoms with E-state index in [1.165, 1.54) is 5.56 Å². The number of hydrogen-bond donors (Lipinski definition) is 1. The van der Waals surface area contributed by atoms with Crippen molar-refractivity contribution in [1.82, 2.24) is 10.2 Å². The molecule has 1 heterocycles. The molecule has 1 atom stereocenters. The van der Waals surface area contributed by atoms with E-state index in [-0.39, 0.29) is 11.2 Å². The molecule has 0 radical (unpaired) electrons. The van der Waals surface area contributed by atoms with Gasteiger partial charge in [0.25, 0.3) is 0 Å². The Labute approximate surface area is 131 Å². The Kier molecular flexibility index (Phi) is 4.23. The van der Waals surface area contributed by atoms with Crippen LogP contribution in [-0.4, -0.2) is 31.6 Å². The molecule has 1 aliphatic carbocycles. The largest absolute Gasteiger partial charge is 0.374 e. The van der Waals surface area contributed by atoms with Crippen LogP contribution in [0.1, 0.15) is 24.8 Å². The molecule has 3 rings (SSSR count). The van der Waals surface area contributed by atoms with Gasteiger partial charge in [-0.3, -0.25) is 0 Å². The standard InChI is InChI=1S/C17H22ClFN2/c1-20-8-9-21-11-14(10-16(19)12-21)17(6-7-17)13-2-4-15(18)5-3-13/h2-5,12,14,20H,6-11H2,1H3. The summed E-state index contributed by atoms with van der Waals surface area (Å²) in [7, 11) is 1.93. The van der Waals surface area contributed by atoms with Crippen molar-refractivity contribution < 1.29 is 4.39 Å². The van der Waals surface area contributed by atoms with Crippen LogP contribution in [0.5, 0.6) is 0 Å².